The molecule has 2 heterocycles. The van der Waals surface area contributed by atoms with Crippen LogP contribution in [0.15, 0.2) is 82.6 Å². The van der Waals surface area contributed by atoms with Crippen LogP contribution in [0.3, 0.4) is 0 Å². The van der Waals surface area contributed by atoms with E-state index >= 15 is 0 Å². The normalized spacial score (nSPS) is 12.0. The molecule has 6 nitrogen and oxygen atoms in total. The molecule has 158 valence electrons. The fraction of sp³-hybridized carbons (Fsp3) is 0.208. The molecule has 0 bridgehead atoms. The molecule has 31 heavy (non-hydrogen) atoms. The van der Waals surface area contributed by atoms with Crippen molar-refractivity contribution >= 4 is 17.7 Å². The molecule has 0 radical (unpaired) electrons. The van der Waals surface area contributed by atoms with Crippen LogP contribution in [0.25, 0.3) is 17.1 Å². The SMILES string of the molecule is Cc1occc1-c1nnc(SC(C)C(=O)N(C)Cc2ccccc2)n1-c1ccccc1. The Morgan fingerprint density at radius 3 is 2.39 bits per heavy atom. The fourth-order valence-electron chi connectivity index (χ4n) is 3.40. The fourth-order valence-corrected chi connectivity index (χ4v) is 4.38. The first-order chi connectivity index (χ1) is 15.0. The van der Waals surface area contributed by atoms with E-state index < -0.39 is 0 Å². The summed E-state index contributed by atoms with van der Waals surface area (Å²) in [5.41, 5.74) is 2.91. The Hall–Kier alpha value is -3.32. The number of thioether (sulfide) groups is 1. The second-order valence-electron chi connectivity index (χ2n) is 7.31. The third-order valence-electron chi connectivity index (χ3n) is 5.02. The zero-order valence-electron chi connectivity index (χ0n) is 17.7. The number of benzene rings is 2. The highest BCUT2D eigenvalue weighted by atomic mass is 32.2. The molecule has 4 aromatic rings. The van der Waals surface area contributed by atoms with Crippen molar-refractivity contribution in [2.24, 2.45) is 0 Å². The molecule has 1 amide bonds. The van der Waals surface area contributed by atoms with Gasteiger partial charge in [-0.25, -0.2) is 0 Å². The maximum absolute atomic E-state index is 13.0. The molecule has 2 aromatic heterocycles. The first-order valence-electron chi connectivity index (χ1n) is 10.1. The van der Waals surface area contributed by atoms with Crippen molar-refractivity contribution in [2.45, 2.75) is 30.8 Å². The Kier molecular flexibility index (Phi) is 6.23. The lowest BCUT2D eigenvalue weighted by Gasteiger charge is -2.21. The summed E-state index contributed by atoms with van der Waals surface area (Å²) in [5, 5.41) is 9.19. The maximum atomic E-state index is 13.0. The van der Waals surface area contributed by atoms with Crippen LogP contribution in [-0.4, -0.2) is 37.9 Å². The zero-order chi connectivity index (χ0) is 21.8. The predicted molar refractivity (Wildman–Crippen MR) is 122 cm³/mol. The molecular weight excluding hydrogens is 408 g/mol. The zero-order valence-corrected chi connectivity index (χ0v) is 18.5. The first-order valence-corrected chi connectivity index (χ1v) is 10.9. The van der Waals surface area contributed by atoms with Crippen LogP contribution in [0.4, 0.5) is 0 Å². The van der Waals surface area contributed by atoms with Gasteiger partial charge in [0.25, 0.3) is 0 Å². The number of para-hydroxylation sites is 1. The van der Waals surface area contributed by atoms with Gasteiger partial charge in [-0.3, -0.25) is 9.36 Å². The summed E-state index contributed by atoms with van der Waals surface area (Å²) in [6.45, 7) is 4.37. The van der Waals surface area contributed by atoms with Gasteiger partial charge in [0, 0.05) is 19.3 Å². The van der Waals surface area contributed by atoms with Crippen LogP contribution in [0, 0.1) is 6.92 Å². The number of amides is 1. The highest BCUT2D eigenvalue weighted by Crippen LogP contribution is 2.32. The number of hydrogen-bond acceptors (Lipinski definition) is 5. The number of carbonyl (C=O) groups excluding carboxylic acids is 1. The van der Waals surface area contributed by atoms with Crippen LogP contribution < -0.4 is 0 Å². The Labute approximate surface area is 185 Å². The van der Waals surface area contributed by atoms with E-state index in [4.69, 9.17) is 4.42 Å². The summed E-state index contributed by atoms with van der Waals surface area (Å²) in [7, 11) is 1.83. The van der Waals surface area contributed by atoms with Crippen molar-refractivity contribution in [3.05, 3.63) is 84.3 Å². The second-order valence-corrected chi connectivity index (χ2v) is 8.62. The molecule has 1 atom stereocenters. The van der Waals surface area contributed by atoms with E-state index in [0.717, 1.165) is 22.6 Å². The van der Waals surface area contributed by atoms with Crippen molar-refractivity contribution < 1.29 is 9.21 Å². The summed E-state index contributed by atoms with van der Waals surface area (Å²) in [4.78, 5) is 14.8. The number of carbonyl (C=O) groups is 1. The summed E-state index contributed by atoms with van der Waals surface area (Å²) in [5.74, 6) is 1.50. The average Bonchev–Trinajstić information content (AvgIpc) is 3.40. The highest BCUT2D eigenvalue weighted by molar-refractivity contribution is 8.00. The smallest absolute Gasteiger partial charge is 0.235 e. The molecule has 0 aliphatic rings. The molecule has 0 spiro atoms. The Morgan fingerprint density at radius 2 is 1.74 bits per heavy atom. The van der Waals surface area contributed by atoms with Crippen LogP contribution >= 0.6 is 11.8 Å². The summed E-state index contributed by atoms with van der Waals surface area (Å²) in [6.07, 6.45) is 1.65. The minimum absolute atomic E-state index is 0.0394. The molecule has 0 fully saturated rings. The largest absolute Gasteiger partial charge is 0.469 e. The molecule has 0 saturated carbocycles. The average molecular weight is 433 g/mol. The molecule has 0 aliphatic carbocycles. The van der Waals surface area contributed by atoms with Crippen molar-refractivity contribution in [1.82, 2.24) is 19.7 Å². The monoisotopic (exact) mass is 432 g/mol. The summed E-state index contributed by atoms with van der Waals surface area (Å²) in [6, 6.07) is 21.8. The number of furan rings is 1. The van der Waals surface area contributed by atoms with Crippen LogP contribution in [0.2, 0.25) is 0 Å². The van der Waals surface area contributed by atoms with Crippen LogP contribution in [0.5, 0.6) is 0 Å². The Morgan fingerprint density at radius 1 is 1.06 bits per heavy atom. The number of hydrogen-bond donors (Lipinski definition) is 0. The van der Waals surface area contributed by atoms with Gasteiger partial charge < -0.3 is 9.32 Å². The van der Waals surface area contributed by atoms with Gasteiger partial charge in [-0.15, -0.1) is 10.2 Å². The van der Waals surface area contributed by atoms with Gasteiger partial charge in [0.1, 0.15) is 5.76 Å². The van der Waals surface area contributed by atoms with Gasteiger partial charge in [-0.1, -0.05) is 60.3 Å². The molecule has 0 aliphatic heterocycles. The number of aryl methyl sites for hydroxylation is 1. The first kappa shape index (κ1) is 20.9. The predicted octanol–water partition coefficient (Wildman–Crippen LogP) is 4.97. The summed E-state index contributed by atoms with van der Waals surface area (Å²) >= 11 is 1.40. The Balaban J connectivity index is 1.60. The topological polar surface area (TPSA) is 64.2 Å². The maximum Gasteiger partial charge on any atom is 0.235 e. The minimum Gasteiger partial charge on any atom is -0.469 e. The van der Waals surface area contributed by atoms with E-state index in [2.05, 4.69) is 10.2 Å². The van der Waals surface area contributed by atoms with Gasteiger partial charge in [-0.05, 0) is 37.6 Å². The molecule has 7 heteroatoms. The molecule has 1 unspecified atom stereocenters. The van der Waals surface area contributed by atoms with Gasteiger partial charge in [0.2, 0.25) is 5.91 Å². The molecule has 0 N–H and O–H groups in total. The molecule has 2 aromatic carbocycles. The minimum atomic E-state index is -0.321. The van der Waals surface area contributed by atoms with Crippen LogP contribution in [-0.2, 0) is 11.3 Å². The van der Waals surface area contributed by atoms with Crippen molar-refractivity contribution in [3.8, 4) is 17.1 Å². The van der Waals surface area contributed by atoms with Crippen molar-refractivity contribution in [2.75, 3.05) is 7.05 Å². The quantitative estimate of drug-likeness (QED) is 0.386. The summed E-state index contributed by atoms with van der Waals surface area (Å²) < 4.78 is 7.45. The lowest BCUT2D eigenvalue weighted by Crippen LogP contribution is -2.32. The number of aromatic nitrogens is 3. The number of rotatable bonds is 7. The molecular formula is C24H24N4O2S. The molecule has 0 saturated heterocycles. The van der Waals surface area contributed by atoms with Crippen molar-refractivity contribution in [3.63, 3.8) is 0 Å². The van der Waals surface area contributed by atoms with E-state index in [0.29, 0.717) is 17.5 Å². The van der Waals surface area contributed by atoms with Gasteiger partial charge in [0.05, 0.1) is 17.1 Å². The van der Waals surface area contributed by atoms with Gasteiger partial charge in [0.15, 0.2) is 11.0 Å². The van der Waals surface area contributed by atoms with E-state index in [1.54, 1.807) is 11.2 Å². The Bertz CT molecular complexity index is 1150. The molecule has 4 rings (SSSR count). The van der Waals surface area contributed by atoms with Crippen LogP contribution in [0.1, 0.15) is 18.2 Å². The standard InChI is InChI=1S/C24H24N4O2S/c1-17-21(14-15-30-17)22-25-26-24(28(22)20-12-8-5-9-13-20)31-18(2)23(29)27(3)16-19-10-6-4-7-11-19/h4-15,18H,16H2,1-3H3. The van der Waals surface area contributed by atoms with E-state index in [9.17, 15) is 4.79 Å². The van der Waals surface area contributed by atoms with Crippen molar-refractivity contribution in [1.29, 1.82) is 0 Å². The third kappa shape index (κ3) is 4.56. The van der Waals surface area contributed by atoms with E-state index in [1.807, 2.05) is 92.2 Å². The van der Waals surface area contributed by atoms with E-state index in [1.165, 1.54) is 11.8 Å². The number of nitrogens with zero attached hydrogens (tertiary/aromatic N) is 4. The second kappa shape index (κ2) is 9.22. The van der Waals surface area contributed by atoms with E-state index in [-0.39, 0.29) is 11.2 Å². The lowest BCUT2D eigenvalue weighted by molar-refractivity contribution is -0.129. The van der Waals surface area contributed by atoms with Gasteiger partial charge >= 0.3 is 0 Å². The highest BCUT2D eigenvalue weighted by Gasteiger charge is 2.24. The van der Waals surface area contributed by atoms with Gasteiger partial charge in [-0.2, -0.15) is 0 Å². The lowest BCUT2D eigenvalue weighted by atomic mass is 10.2. The third-order valence-corrected chi connectivity index (χ3v) is 6.05.